The third-order valence-corrected chi connectivity index (χ3v) is 6.13. The van der Waals surface area contributed by atoms with E-state index >= 15 is 0 Å². The first-order valence-corrected chi connectivity index (χ1v) is 11.1. The summed E-state index contributed by atoms with van der Waals surface area (Å²) in [5, 5.41) is 4.14. The van der Waals surface area contributed by atoms with Crippen LogP contribution in [-0.2, 0) is 4.79 Å². The van der Waals surface area contributed by atoms with E-state index in [0.717, 1.165) is 28.3 Å². The van der Waals surface area contributed by atoms with E-state index in [4.69, 9.17) is 14.0 Å². The molecule has 0 aliphatic carbocycles. The zero-order valence-corrected chi connectivity index (χ0v) is 19.3. The lowest BCUT2D eigenvalue weighted by molar-refractivity contribution is -0.117. The molecule has 3 aromatic carbocycles. The largest absolute Gasteiger partial charge is 0.497 e. The third kappa shape index (κ3) is 4.37. The SMILES string of the molecule is COc1ccc(Oc2ccc(-c3noc([C@@H]4CC(=O)N(c5ccc(C)c(C)c5)C4)n3)cc2)cc1. The fourth-order valence-corrected chi connectivity index (χ4v) is 3.99. The molecular weight excluding hydrogens is 430 g/mol. The van der Waals surface area contributed by atoms with Crippen molar-refractivity contribution in [3.05, 3.63) is 83.7 Å². The van der Waals surface area contributed by atoms with Gasteiger partial charge >= 0.3 is 0 Å². The Bertz CT molecular complexity index is 1310. The van der Waals surface area contributed by atoms with Gasteiger partial charge in [-0.05, 0) is 85.6 Å². The van der Waals surface area contributed by atoms with Gasteiger partial charge in [0.15, 0.2) is 0 Å². The first-order chi connectivity index (χ1) is 16.5. The number of amides is 1. The second kappa shape index (κ2) is 9.02. The molecule has 1 aromatic heterocycles. The highest BCUT2D eigenvalue weighted by molar-refractivity contribution is 5.96. The number of methoxy groups -OCH3 is 1. The average Bonchev–Trinajstić information content (AvgIpc) is 3.49. The number of hydrogen-bond donors (Lipinski definition) is 0. The smallest absolute Gasteiger partial charge is 0.232 e. The van der Waals surface area contributed by atoms with Crippen LogP contribution >= 0.6 is 0 Å². The highest BCUT2D eigenvalue weighted by atomic mass is 16.5. The molecule has 0 spiro atoms. The van der Waals surface area contributed by atoms with Gasteiger partial charge in [-0.1, -0.05) is 11.2 Å². The number of benzene rings is 3. The number of carbonyl (C=O) groups excluding carboxylic acids is 1. The molecule has 172 valence electrons. The molecule has 7 heteroatoms. The predicted octanol–water partition coefficient (Wildman–Crippen LogP) is 5.67. The van der Waals surface area contributed by atoms with Gasteiger partial charge in [-0.15, -0.1) is 0 Å². The van der Waals surface area contributed by atoms with Gasteiger partial charge in [-0.3, -0.25) is 4.79 Å². The standard InChI is InChI=1S/C27H25N3O4/c1-17-4-7-21(14-18(17)2)30-16-20(15-25(30)31)27-28-26(29-34-27)19-5-8-23(9-6-19)33-24-12-10-22(32-3)11-13-24/h4-14,20H,15-16H2,1-3H3/t20-/m1/s1. The highest BCUT2D eigenvalue weighted by Gasteiger charge is 2.35. The third-order valence-electron chi connectivity index (χ3n) is 6.13. The first-order valence-electron chi connectivity index (χ1n) is 11.1. The molecule has 0 unspecified atom stereocenters. The fourth-order valence-electron chi connectivity index (χ4n) is 3.99. The maximum Gasteiger partial charge on any atom is 0.232 e. The van der Waals surface area contributed by atoms with E-state index in [1.165, 1.54) is 5.56 Å². The van der Waals surface area contributed by atoms with Crippen LogP contribution in [0.25, 0.3) is 11.4 Å². The van der Waals surface area contributed by atoms with Crippen molar-refractivity contribution in [2.45, 2.75) is 26.2 Å². The molecule has 1 aliphatic rings. The molecule has 2 heterocycles. The van der Waals surface area contributed by atoms with Crippen molar-refractivity contribution in [1.29, 1.82) is 0 Å². The Hall–Kier alpha value is -4.13. The maximum absolute atomic E-state index is 12.7. The molecule has 7 nitrogen and oxygen atoms in total. The summed E-state index contributed by atoms with van der Waals surface area (Å²) in [5.41, 5.74) is 4.08. The second-order valence-corrected chi connectivity index (χ2v) is 8.43. The van der Waals surface area contributed by atoms with Crippen molar-refractivity contribution in [1.82, 2.24) is 10.1 Å². The van der Waals surface area contributed by atoms with Crippen LogP contribution in [0.4, 0.5) is 5.69 Å². The highest BCUT2D eigenvalue weighted by Crippen LogP contribution is 2.33. The number of carbonyl (C=O) groups is 1. The Morgan fingerprint density at radius 1 is 0.912 bits per heavy atom. The minimum atomic E-state index is -0.131. The first kappa shape index (κ1) is 21.7. The number of aryl methyl sites for hydroxylation is 2. The molecule has 34 heavy (non-hydrogen) atoms. The predicted molar refractivity (Wildman–Crippen MR) is 128 cm³/mol. The van der Waals surface area contributed by atoms with Crippen LogP contribution in [0, 0.1) is 13.8 Å². The monoisotopic (exact) mass is 455 g/mol. The van der Waals surface area contributed by atoms with Crippen molar-refractivity contribution in [3.8, 4) is 28.6 Å². The van der Waals surface area contributed by atoms with Crippen molar-refractivity contribution >= 4 is 11.6 Å². The number of anilines is 1. The minimum absolute atomic E-state index is 0.0630. The van der Waals surface area contributed by atoms with E-state index in [1.54, 1.807) is 12.0 Å². The Morgan fingerprint density at radius 3 is 2.26 bits per heavy atom. The summed E-state index contributed by atoms with van der Waals surface area (Å²) >= 11 is 0. The average molecular weight is 456 g/mol. The molecule has 1 saturated heterocycles. The zero-order chi connectivity index (χ0) is 23.7. The molecule has 0 radical (unpaired) electrons. The van der Waals surface area contributed by atoms with Gasteiger partial charge in [-0.2, -0.15) is 4.98 Å². The number of nitrogens with zero attached hydrogens (tertiary/aromatic N) is 3. The van der Waals surface area contributed by atoms with Crippen molar-refractivity contribution in [2.24, 2.45) is 0 Å². The fraction of sp³-hybridized carbons (Fsp3) is 0.222. The molecule has 1 fully saturated rings. The molecule has 0 N–H and O–H groups in total. The Morgan fingerprint density at radius 2 is 1.59 bits per heavy atom. The number of hydrogen-bond acceptors (Lipinski definition) is 6. The number of ether oxygens (including phenoxy) is 2. The quantitative estimate of drug-likeness (QED) is 0.373. The van der Waals surface area contributed by atoms with Crippen molar-refractivity contribution in [3.63, 3.8) is 0 Å². The summed E-state index contributed by atoms with van der Waals surface area (Å²) in [6, 6.07) is 20.9. The van der Waals surface area contributed by atoms with E-state index in [0.29, 0.717) is 30.4 Å². The Labute approximate surface area is 197 Å². The van der Waals surface area contributed by atoms with E-state index in [1.807, 2.05) is 66.7 Å². The summed E-state index contributed by atoms with van der Waals surface area (Å²) in [7, 11) is 1.63. The molecule has 4 aromatic rings. The van der Waals surface area contributed by atoms with Gasteiger partial charge in [0, 0.05) is 24.2 Å². The van der Waals surface area contributed by atoms with E-state index in [-0.39, 0.29) is 11.8 Å². The number of rotatable bonds is 6. The van der Waals surface area contributed by atoms with Crippen molar-refractivity contribution in [2.75, 3.05) is 18.6 Å². The zero-order valence-electron chi connectivity index (χ0n) is 19.3. The van der Waals surface area contributed by atoms with Crippen LogP contribution in [-0.4, -0.2) is 29.7 Å². The van der Waals surface area contributed by atoms with Crippen LogP contribution in [0.15, 0.2) is 71.3 Å². The normalized spacial score (nSPS) is 15.6. The van der Waals surface area contributed by atoms with E-state index < -0.39 is 0 Å². The molecule has 1 amide bonds. The van der Waals surface area contributed by atoms with Crippen LogP contribution < -0.4 is 14.4 Å². The topological polar surface area (TPSA) is 77.7 Å². The van der Waals surface area contributed by atoms with Crippen LogP contribution in [0.2, 0.25) is 0 Å². The van der Waals surface area contributed by atoms with E-state index in [2.05, 4.69) is 24.0 Å². The lowest BCUT2D eigenvalue weighted by Crippen LogP contribution is -2.24. The lowest BCUT2D eigenvalue weighted by Gasteiger charge is -2.17. The molecule has 0 bridgehead atoms. The molecule has 1 atom stereocenters. The molecule has 1 aliphatic heterocycles. The Balaban J connectivity index is 1.27. The lowest BCUT2D eigenvalue weighted by atomic mass is 10.1. The summed E-state index contributed by atoms with van der Waals surface area (Å²) in [6.45, 7) is 4.64. The van der Waals surface area contributed by atoms with Gasteiger partial charge in [0.25, 0.3) is 0 Å². The minimum Gasteiger partial charge on any atom is -0.497 e. The van der Waals surface area contributed by atoms with Gasteiger partial charge in [0.1, 0.15) is 17.2 Å². The Kier molecular flexibility index (Phi) is 5.76. The van der Waals surface area contributed by atoms with Gasteiger partial charge in [-0.25, -0.2) is 0 Å². The van der Waals surface area contributed by atoms with Gasteiger partial charge in [0.2, 0.25) is 17.6 Å². The summed E-state index contributed by atoms with van der Waals surface area (Å²) in [4.78, 5) is 19.0. The van der Waals surface area contributed by atoms with Crippen LogP contribution in [0.1, 0.15) is 29.4 Å². The van der Waals surface area contributed by atoms with Crippen LogP contribution in [0.5, 0.6) is 17.2 Å². The van der Waals surface area contributed by atoms with Crippen molar-refractivity contribution < 1.29 is 18.8 Å². The van der Waals surface area contributed by atoms with E-state index in [9.17, 15) is 4.79 Å². The number of aromatic nitrogens is 2. The molecule has 5 rings (SSSR count). The maximum atomic E-state index is 12.7. The molecular formula is C27H25N3O4. The molecule has 0 saturated carbocycles. The van der Waals surface area contributed by atoms with Crippen LogP contribution in [0.3, 0.4) is 0 Å². The van der Waals surface area contributed by atoms with Gasteiger partial charge < -0.3 is 18.9 Å². The summed E-state index contributed by atoms with van der Waals surface area (Å²) < 4.78 is 16.6. The summed E-state index contributed by atoms with van der Waals surface area (Å²) in [5.74, 6) is 3.09. The second-order valence-electron chi connectivity index (χ2n) is 8.43. The van der Waals surface area contributed by atoms with Gasteiger partial charge in [0.05, 0.1) is 13.0 Å². The summed E-state index contributed by atoms with van der Waals surface area (Å²) in [6.07, 6.45) is 0.350.